The monoisotopic (exact) mass is 263 g/mol. The number of hydrogen-bond acceptors (Lipinski definition) is 3. The van der Waals surface area contributed by atoms with E-state index in [1.54, 1.807) is 7.11 Å². The van der Waals surface area contributed by atoms with Crippen LogP contribution in [0.5, 0.6) is 5.75 Å². The molecule has 3 nitrogen and oxygen atoms in total. The lowest BCUT2D eigenvalue weighted by molar-refractivity contribution is 0.264. The van der Waals surface area contributed by atoms with Crippen LogP contribution >= 0.6 is 0 Å². The molecule has 0 spiro atoms. The van der Waals surface area contributed by atoms with Crippen molar-refractivity contribution in [2.75, 3.05) is 20.3 Å². The maximum atomic E-state index is 8.95. The molecule has 0 aliphatic carbocycles. The van der Waals surface area contributed by atoms with Crippen LogP contribution in [-0.2, 0) is 0 Å². The normalized spacial score (nSPS) is 13.4. The van der Waals surface area contributed by atoms with E-state index in [9.17, 15) is 0 Å². The zero-order chi connectivity index (χ0) is 14.1. The SMILES string of the molecule is CCC(CCO)NC/C(C)=C/c1ccc(OC)cc1. The van der Waals surface area contributed by atoms with E-state index in [2.05, 4.69) is 25.2 Å². The van der Waals surface area contributed by atoms with Crippen molar-refractivity contribution in [2.45, 2.75) is 32.7 Å². The third-order valence-corrected chi connectivity index (χ3v) is 3.17. The van der Waals surface area contributed by atoms with Crippen molar-refractivity contribution in [1.82, 2.24) is 5.32 Å². The van der Waals surface area contributed by atoms with Crippen LogP contribution in [0.1, 0.15) is 32.3 Å². The summed E-state index contributed by atoms with van der Waals surface area (Å²) in [5, 5.41) is 12.4. The molecule has 0 saturated carbocycles. The summed E-state index contributed by atoms with van der Waals surface area (Å²) >= 11 is 0. The molecule has 2 N–H and O–H groups in total. The summed E-state index contributed by atoms with van der Waals surface area (Å²) in [4.78, 5) is 0. The summed E-state index contributed by atoms with van der Waals surface area (Å²) in [5.41, 5.74) is 2.46. The van der Waals surface area contributed by atoms with Gasteiger partial charge in [-0.1, -0.05) is 30.7 Å². The standard InChI is InChI=1S/C16H25NO2/c1-4-15(9-10-18)17-12-13(2)11-14-5-7-16(19-3)8-6-14/h5-8,11,15,17-18H,4,9-10,12H2,1-3H3/b13-11+. The average molecular weight is 263 g/mol. The summed E-state index contributed by atoms with van der Waals surface area (Å²) in [6, 6.07) is 8.42. The lowest BCUT2D eigenvalue weighted by Gasteiger charge is -2.15. The Bertz CT molecular complexity index is 384. The number of aliphatic hydroxyl groups is 1. The van der Waals surface area contributed by atoms with Crippen molar-refractivity contribution in [3.8, 4) is 5.75 Å². The second kappa shape index (κ2) is 8.73. The number of ether oxygens (including phenoxy) is 1. The first-order valence-corrected chi connectivity index (χ1v) is 6.85. The van der Waals surface area contributed by atoms with Crippen LogP contribution in [-0.4, -0.2) is 31.4 Å². The molecule has 106 valence electrons. The summed E-state index contributed by atoms with van der Waals surface area (Å²) in [5.74, 6) is 0.877. The van der Waals surface area contributed by atoms with Gasteiger partial charge in [-0.15, -0.1) is 0 Å². The van der Waals surface area contributed by atoms with Gasteiger partial charge in [0.15, 0.2) is 0 Å². The van der Waals surface area contributed by atoms with E-state index in [4.69, 9.17) is 9.84 Å². The molecule has 1 unspecified atom stereocenters. The number of hydrogen-bond donors (Lipinski definition) is 2. The summed E-state index contributed by atoms with van der Waals surface area (Å²) in [7, 11) is 1.67. The number of benzene rings is 1. The largest absolute Gasteiger partial charge is 0.497 e. The van der Waals surface area contributed by atoms with Gasteiger partial charge in [0.2, 0.25) is 0 Å². The highest BCUT2D eigenvalue weighted by Gasteiger charge is 2.04. The van der Waals surface area contributed by atoms with Crippen LogP contribution < -0.4 is 10.1 Å². The highest BCUT2D eigenvalue weighted by Crippen LogP contribution is 2.13. The molecule has 1 aromatic rings. The molecule has 1 atom stereocenters. The number of nitrogens with one attached hydrogen (secondary N) is 1. The molecule has 0 heterocycles. The maximum absolute atomic E-state index is 8.95. The Hall–Kier alpha value is -1.32. The fourth-order valence-corrected chi connectivity index (χ4v) is 1.95. The first-order chi connectivity index (χ1) is 9.19. The molecule has 1 rings (SSSR count). The van der Waals surface area contributed by atoms with Crippen LogP contribution in [0.25, 0.3) is 6.08 Å². The van der Waals surface area contributed by atoms with E-state index in [0.717, 1.165) is 25.1 Å². The van der Waals surface area contributed by atoms with Crippen molar-refractivity contribution >= 4 is 6.08 Å². The lowest BCUT2D eigenvalue weighted by Crippen LogP contribution is -2.30. The van der Waals surface area contributed by atoms with Crippen LogP contribution in [0.2, 0.25) is 0 Å². The van der Waals surface area contributed by atoms with Gasteiger partial charge in [0, 0.05) is 19.2 Å². The molecule has 0 saturated heterocycles. The van der Waals surface area contributed by atoms with E-state index in [1.165, 1.54) is 11.1 Å². The van der Waals surface area contributed by atoms with Gasteiger partial charge < -0.3 is 15.2 Å². The van der Waals surface area contributed by atoms with Crippen LogP contribution in [0.4, 0.5) is 0 Å². The van der Waals surface area contributed by atoms with Gasteiger partial charge in [-0.05, 0) is 37.5 Å². The van der Waals surface area contributed by atoms with E-state index >= 15 is 0 Å². The second-order valence-electron chi connectivity index (χ2n) is 4.76. The van der Waals surface area contributed by atoms with Crippen molar-refractivity contribution < 1.29 is 9.84 Å². The summed E-state index contributed by atoms with van der Waals surface area (Å²) < 4.78 is 5.14. The Morgan fingerprint density at radius 1 is 1.37 bits per heavy atom. The summed E-state index contributed by atoms with van der Waals surface area (Å²) in [6.07, 6.45) is 4.01. The molecule has 3 heteroatoms. The Balaban J connectivity index is 2.51. The van der Waals surface area contributed by atoms with Gasteiger partial charge >= 0.3 is 0 Å². The van der Waals surface area contributed by atoms with Crippen molar-refractivity contribution in [2.24, 2.45) is 0 Å². The average Bonchev–Trinajstić information content (AvgIpc) is 2.44. The van der Waals surface area contributed by atoms with Gasteiger partial charge in [0.25, 0.3) is 0 Å². The first-order valence-electron chi connectivity index (χ1n) is 6.85. The molecule has 0 aliphatic rings. The fourth-order valence-electron chi connectivity index (χ4n) is 1.95. The van der Waals surface area contributed by atoms with Crippen molar-refractivity contribution in [1.29, 1.82) is 0 Å². The lowest BCUT2D eigenvalue weighted by atomic mass is 10.1. The van der Waals surface area contributed by atoms with Crippen LogP contribution in [0, 0.1) is 0 Å². The topological polar surface area (TPSA) is 41.5 Å². The molecule has 0 radical (unpaired) electrons. The molecule has 0 aromatic heterocycles. The molecule has 1 aromatic carbocycles. The Kier molecular flexibility index (Phi) is 7.23. The molecule has 19 heavy (non-hydrogen) atoms. The number of aliphatic hydroxyl groups excluding tert-OH is 1. The van der Waals surface area contributed by atoms with Gasteiger partial charge in [-0.3, -0.25) is 0 Å². The van der Waals surface area contributed by atoms with E-state index in [0.29, 0.717) is 6.04 Å². The molecule has 0 bridgehead atoms. The van der Waals surface area contributed by atoms with Crippen molar-refractivity contribution in [3.05, 3.63) is 35.4 Å². The molecule has 0 aliphatic heterocycles. The van der Waals surface area contributed by atoms with Crippen LogP contribution in [0.3, 0.4) is 0 Å². The highest BCUT2D eigenvalue weighted by atomic mass is 16.5. The Labute approximate surface area is 116 Å². The highest BCUT2D eigenvalue weighted by molar-refractivity contribution is 5.53. The zero-order valence-electron chi connectivity index (χ0n) is 12.1. The van der Waals surface area contributed by atoms with Gasteiger partial charge in [0.1, 0.15) is 5.75 Å². The molecule has 0 amide bonds. The molecule has 0 fully saturated rings. The molecular weight excluding hydrogens is 238 g/mol. The Morgan fingerprint density at radius 3 is 2.58 bits per heavy atom. The maximum Gasteiger partial charge on any atom is 0.118 e. The first kappa shape index (κ1) is 15.7. The smallest absolute Gasteiger partial charge is 0.118 e. The Morgan fingerprint density at radius 2 is 2.05 bits per heavy atom. The minimum Gasteiger partial charge on any atom is -0.497 e. The fraction of sp³-hybridized carbons (Fsp3) is 0.500. The molecular formula is C16H25NO2. The minimum atomic E-state index is 0.243. The van der Waals surface area contributed by atoms with E-state index < -0.39 is 0 Å². The van der Waals surface area contributed by atoms with Crippen LogP contribution in [0.15, 0.2) is 29.8 Å². The number of rotatable bonds is 8. The predicted molar refractivity (Wildman–Crippen MR) is 80.4 cm³/mol. The minimum absolute atomic E-state index is 0.243. The van der Waals surface area contributed by atoms with Crippen molar-refractivity contribution in [3.63, 3.8) is 0 Å². The quantitative estimate of drug-likeness (QED) is 0.758. The third-order valence-electron chi connectivity index (χ3n) is 3.17. The summed E-state index contributed by atoms with van der Waals surface area (Å²) in [6.45, 7) is 5.34. The third kappa shape index (κ3) is 5.90. The predicted octanol–water partition coefficient (Wildman–Crippen LogP) is 2.85. The second-order valence-corrected chi connectivity index (χ2v) is 4.76. The zero-order valence-corrected chi connectivity index (χ0v) is 12.1. The number of methoxy groups -OCH3 is 1. The van der Waals surface area contributed by atoms with Gasteiger partial charge in [-0.2, -0.15) is 0 Å². The van der Waals surface area contributed by atoms with E-state index in [1.807, 2.05) is 24.3 Å². The van der Waals surface area contributed by atoms with Gasteiger partial charge in [0.05, 0.1) is 7.11 Å². The van der Waals surface area contributed by atoms with E-state index in [-0.39, 0.29) is 6.61 Å². The van der Waals surface area contributed by atoms with Gasteiger partial charge in [-0.25, -0.2) is 0 Å².